The van der Waals surface area contributed by atoms with Crippen molar-refractivity contribution in [1.82, 2.24) is 5.32 Å². The topological polar surface area (TPSA) is 32.3 Å². The zero-order valence-corrected chi connectivity index (χ0v) is 10.9. The van der Waals surface area contributed by atoms with Crippen LogP contribution in [0.1, 0.15) is 38.3 Å². The molecular weight excluding hydrogens is 236 g/mol. The van der Waals surface area contributed by atoms with Gasteiger partial charge < -0.3 is 10.4 Å². The lowest BCUT2D eigenvalue weighted by molar-refractivity contribution is 0.227. The number of halogens is 2. The number of rotatable bonds is 7. The van der Waals surface area contributed by atoms with Gasteiger partial charge in [-0.1, -0.05) is 19.1 Å². The van der Waals surface area contributed by atoms with Crippen molar-refractivity contribution < 1.29 is 13.9 Å². The molecule has 1 rings (SSSR count). The minimum atomic E-state index is -0.810. The third kappa shape index (κ3) is 4.35. The second kappa shape index (κ2) is 7.44. The van der Waals surface area contributed by atoms with Crippen molar-refractivity contribution in [3.8, 4) is 0 Å². The Balaban J connectivity index is 2.41. The first kappa shape index (κ1) is 15.1. The minimum absolute atomic E-state index is 0.189. The van der Waals surface area contributed by atoms with Crippen LogP contribution in [0.15, 0.2) is 18.2 Å². The molecule has 0 saturated carbocycles. The number of hydrogen-bond acceptors (Lipinski definition) is 2. The molecule has 102 valence electrons. The van der Waals surface area contributed by atoms with Crippen molar-refractivity contribution >= 4 is 0 Å². The van der Waals surface area contributed by atoms with Gasteiger partial charge in [0, 0.05) is 18.2 Å². The second-order valence-corrected chi connectivity index (χ2v) is 4.75. The van der Waals surface area contributed by atoms with Crippen molar-refractivity contribution in [3.05, 3.63) is 35.4 Å². The predicted octanol–water partition coefficient (Wildman–Crippen LogP) is 3.02. The van der Waals surface area contributed by atoms with E-state index in [0.717, 1.165) is 25.5 Å². The Kier molecular flexibility index (Phi) is 6.22. The molecule has 0 radical (unpaired) electrons. The van der Waals surface area contributed by atoms with Crippen LogP contribution in [0.3, 0.4) is 0 Å². The molecule has 0 aliphatic carbocycles. The Morgan fingerprint density at radius 1 is 1.28 bits per heavy atom. The molecule has 2 N–H and O–H groups in total. The molecule has 0 fully saturated rings. The number of aliphatic hydroxyl groups is 1. The molecule has 2 atom stereocenters. The van der Waals surface area contributed by atoms with Gasteiger partial charge in [-0.25, -0.2) is 8.78 Å². The highest BCUT2D eigenvalue weighted by atomic mass is 19.2. The van der Waals surface area contributed by atoms with E-state index < -0.39 is 11.6 Å². The average Bonchev–Trinajstić information content (AvgIpc) is 2.37. The Morgan fingerprint density at radius 3 is 2.67 bits per heavy atom. The Hall–Kier alpha value is -1.00. The highest BCUT2D eigenvalue weighted by Crippen LogP contribution is 2.18. The molecule has 0 aromatic heterocycles. The van der Waals surface area contributed by atoms with Gasteiger partial charge in [-0.3, -0.25) is 0 Å². The van der Waals surface area contributed by atoms with E-state index in [2.05, 4.69) is 5.32 Å². The summed E-state index contributed by atoms with van der Waals surface area (Å²) in [6, 6.07) is 4.01. The van der Waals surface area contributed by atoms with E-state index in [0.29, 0.717) is 5.56 Å². The lowest BCUT2D eigenvalue weighted by atomic mass is 10.1. The van der Waals surface area contributed by atoms with Crippen molar-refractivity contribution in [2.75, 3.05) is 13.2 Å². The van der Waals surface area contributed by atoms with E-state index in [-0.39, 0.29) is 18.6 Å². The van der Waals surface area contributed by atoms with Gasteiger partial charge in [0.1, 0.15) is 0 Å². The molecule has 18 heavy (non-hydrogen) atoms. The first-order valence-corrected chi connectivity index (χ1v) is 6.34. The maximum Gasteiger partial charge on any atom is 0.163 e. The van der Waals surface area contributed by atoms with Crippen LogP contribution in [0.25, 0.3) is 0 Å². The van der Waals surface area contributed by atoms with Gasteiger partial charge in [0.25, 0.3) is 0 Å². The van der Waals surface area contributed by atoms with E-state index in [1.807, 2.05) is 13.8 Å². The van der Waals surface area contributed by atoms with E-state index in [9.17, 15) is 8.78 Å². The molecule has 2 unspecified atom stereocenters. The molecule has 0 aliphatic heterocycles. The van der Waals surface area contributed by atoms with Gasteiger partial charge in [0.15, 0.2) is 11.6 Å². The first-order chi connectivity index (χ1) is 8.56. The molecular formula is C14H21F2NO. The molecule has 0 aliphatic rings. The second-order valence-electron chi connectivity index (χ2n) is 4.75. The maximum atomic E-state index is 13.5. The normalized spacial score (nSPS) is 14.5. The summed E-state index contributed by atoms with van der Waals surface area (Å²) in [6.07, 6.45) is 1.82. The molecule has 4 heteroatoms. The van der Waals surface area contributed by atoms with Gasteiger partial charge in [-0.15, -0.1) is 0 Å². The zero-order chi connectivity index (χ0) is 13.5. The summed E-state index contributed by atoms with van der Waals surface area (Å²) in [4.78, 5) is 0. The van der Waals surface area contributed by atoms with Crippen LogP contribution in [0.5, 0.6) is 0 Å². The largest absolute Gasteiger partial charge is 0.396 e. The summed E-state index contributed by atoms with van der Waals surface area (Å²) in [5, 5.41) is 12.0. The van der Waals surface area contributed by atoms with Gasteiger partial charge in [0.2, 0.25) is 0 Å². The third-order valence-electron chi connectivity index (χ3n) is 3.08. The smallest absolute Gasteiger partial charge is 0.163 e. The first-order valence-electron chi connectivity index (χ1n) is 6.34. The summed E-state index contributed by atoms with van der Waals surface area (Å²) in [5.41, 5.74) is 0.352. The number of hydrogen-bond donors (Lipinski definition) is 2. The molecule has 0 amide bonds. The number of nitrogens with one attached hydrogen (secondary N) is 1. The van der Waals surface area contributed by atoms with Crippen LogP contribution in [-0.4, -0.2) is 18.3 Å². The van der Waals surface area contributed by atoms with E-state index in [1.165, 1.54) is 6.07 Å². The third-order valence-corrected chi connectivity index (χ3v) is 3.08. The molecule has 1 aromatic carbocycles. The summed E-state index contributed by atoms with van der Waals surface area (Å²) >= 11 is 0. The van der Waals surface area contributed by atoms with E-state index in [1.54, 1.807) is 6.07 Å². The summed E-state index contributed by atoms with van der Waals surface area (Å²) in [6.45, 7) is 4.71. The van der Waals surface area contributed by atoms with E-state index in [4.69, 9.17) is 5.11 Å². The molecule has 2 nitrogen and oxygen atoms in total. The van der Waals surface area contributed by atoms with Crippen molar-refractivity contribution in [1.29, 1.82) is 0 Å². The molecule has 1 aromatic rings. The summed E-state index contributed by atoms with van der Waals surface area (Å²) in [7, 11) is 0. The van der Waals surface area contributed by atoms with E-state index >= 15 is 0 Å². The fourth-order valence-electron chi connectivity index (χ4n) is 1.83. The highest BCUT2D eigenvalue weighted by molar-refractivity contribution is 5.21. The minimum Gasteiger partial charge on any atom is -0.396 e. The van der Waals surface area contributed by atoms with Crippen LogP contribution in [0.4, 0.5) is 8.78 Å². The maximum absolute atomic E-state index is 13.5. The van der Waals surface area contributed by atoms with Gasteiger partial charge >= 0.3 is 0 Å². The average molecular weight is 257 g/mol. The highest BCUT2D eigenvalue weighted by Gasteiger charge is 2.13. The number of benzene rings is 1. The van der Waals surface area contributed by atoms with Gasteiger partial charge in [-0.2, -0.15) is 0 Å². The quantitative estimate of drug-likeness (QED) is 0.736. The SMILES string of the molecule is CC(CO)CCCNC(C)c1cccc(F)c1F. The van der Waals surface area contributed by atoms with Crippen molar-refractivity contribution in [2.24, 2.45) is 5.92 Å². The standard InChI is InChI=1S/C14H21F2NO/c1-10(9-18)5-4-8-17-11(2)12-6-3-7-13(15)14(12)16/h3,6-7,10-11,17-18H,4-5,8-9H2,1-2H3. The summed E-state index contributed by atoms with van der Waals surface area (Å²) < 4.78 is 26.5. The van der Waals surface area contributed by atoms with Crippen molar-refractivity contribution in [3.63, 3.8) is 0 Å². The molecule has 0 heterocycles. The fraction of sp³-hybridized carbons (Fsp3) is 0.571. The lowest BCUT2D eigenvalue weighted by Crippen LogP contribution is -2.21. The van der Waals surface area contributed by atoms with Gasteiger partial charge in [0.05, 0.1) is 0 Å². The Labute approximate surface area is 107 Å². The van der Waals surface area contributed by atoms with Crippen LogP contribution in [0.2, 0.25) is 0 Å². The predicted molar refractivity (Wildman–Crippen MR) is 68.3 cm³/mol. The Morgan fingerprint density at radius 2 is 2.00 bits per heavy atom. The molecule has 0 bridgehead atoms. The van der Waals surface area contributed by atoms with Crippen LogP contribution in [0, 0.1) is 17.6 Å². The monoisotopic (exact) mass is 257 g/mol. The Bertz CT molecular complexity index is 371. The van der Waals surface area contributed by atoms with Crippen LogP contribution >= 0.6 is 0 Å². The zero-order valence-electron chi connectivity index (χ0n) is 10.9. The molecule has 0 spiro atoms. The van der Waals surface area contributed by atoms with Crippen molar-refractivity contribution in [2.45, 2.75) is 32.7 Å². The fourth-order valence-corrected chi connectivity index (χ4v) is 1.83. The van der Waals surface area contributed by atoms with Gasteiger partial charge in [-0.05, 0) is 38.3 Å². The summed E-state index contributed by atoms with van der Waals surface area (Å²) in [5.74, 6) is -1.30. The lowest BCUT2D eigenvalue weighted by Gasteiger charge is -2.16. The number of aliphatic hydroxyl groups excluding tert-OH is 1. The van der Waals surface area contributed by atoms with Crippen LogP contribution < -0.4 is 5.32 Å². The van der Waals surface area contributed by atoms with Crippen LogP contribution in [-0.2, 0) is 0 Å². The molecule has 0 saturated heterocycles.